The minimum atomic E-state index is 0.505. The van der Waals surface area contributed by atoms with E-state index in [1.807, 2.05) is 0 Å². The predicted octanol–water partition coefficient (Wildman–Crippen LogP) is 19.1. The number of hydrogen-bond acceptors (Lipinski definition) is 0. The molecule has 0 bridgehead atoms. The van der Waals surface area contributed by atoms with Crippen LogP contribution in [0.15, 0.2) is 133 Å². The SMILES string of the molecule is CCC(C)c1ccc2c(c1)c1cc(C(C)CC)ccc1n2-c1ccc(-c2ccc3[nH]c4ccc(C5CCC(n6c7ccc(C(C)CC)cc7c7cc(C(C)CC)ccc76)CC5)cc4c3c2)cc1. The van der Waals surface area contributed by atoms with Crippen LogP contribution in [0.5, 0.6) is 0 Å². The summed E-state index contributed by atoms with van der Waals surface area (Å²) in [5.74, 6) is 2.76. The lowest BCUT2D eigenvalue weighted by Crippen LogP contribution is -2.17. The molecule has 4 atom stereocenters. The molecule has 3 nitrogen and oxygen atoms in total. The number of nitrogens with one attached hydrogen (secondary N) is 1. The van der Waals surface area contributed by atoms with Crippen molar-refractivity contribution in [1.82, 2.24) is 14.1 Å². The lowest BCUT2D eigenvalue weighted by Gasteiger charge is -2.31. The molecule has 3 heterocycles. The average Bonchev–Trinajstić information content (AvgIpc) is 4.03. The number of hydrogen-bond donors (Lipinski definition) is 1. The van der Waals surface area contributed by atoms with Gasteiger partial charge in [-0.3, -0.25) is 0 Å². The fourth-order valence-corrected chi connectivity index (χ4v) is 11.8. The third kappa shape index (κ3) is 7.49. The summed E-state index contributed by atoms with van der Waals surface area (Å²) in [7, 11) is 0. The van der Waals surface area contributed by atoms with Crippen molar-refractivity contribution in [3.05, 3.63) is 161 Å². The molecule has 340 valence electrons. The highest BCUT2D eigenvalue weighted by molar-refractivity contribution is 6.11. The van der Waals surface area contributed by atoms with Crippen LogP contribution >= 0.6 is 0 Å². The summed E-state index contributed by atoms with van der Waals surface area (Å²) in [4.78, 5) is 3.76. The van der Waals surface area contributed by atoms with Crippen LogP contribution in [0.25, 0.3) is 82.2 Å². The molecule has 0 saturated heterocycles. The first kappa shape index (κ1) is 43.5. The van der Waals surface area contributed by atoms with Gasteiger partial charge in [0, 0.05) is 66.1 Å². The lowest BCUT2D eigenvalue weighted by molar-refractivity contribution is 0.335. The molecule has 3 aromatic heterocycles. The van der Waals surface area contributed by atoms with Crippen LogP contribution in [0, 0.1) is 0 Å². The van der Waals surface area contributed by atoms with Gasteiger partial charge in [0.05, 0.1) is 11.0 Å². The van der Waals surface area contributed by atoms with Crippen LogP contribution in [-0.2, 0) is 0 Å². The van der Waals surface area contributed by atoms with Crippen molar-refractivity contribution < 1.29 is 0 Å². The molecular weight excluding hydrogens is 811 g/mol. The Labute approximate surface area is 398 Å². The minimum Gasteiger partial charge on any atom is -0.355 e. The van der Waals surface area contributed by atoms with Gasteiger partial charge in [0.15, 0.2) is 0 Å². The van der Waals surface area contributed by atoms with Crippen molar-refractivity contribution in [2.75, 3.05) is 0 Å². The monoisotopic (exact) mass is 880 g/mol. The van der Waals surface area contributed by atoms with Gasteiger partial charge in [-0.2, -0.15) is 0 Å². The van der Waals surface area contributed by atoms with E-state index in [0.29, 0.717) is 35.6 Å². The quantitative estimate of drug-likeness (QED) is 0.127. The van der Waals surface area contributed by atoms with E-state index < -0.39 is 0 Å². The van der Waals surface area contributed by atoms with Gasteiger partial charge in [0.25, 0.3) is 0 Å². The second-order valence-corrected chi connectivity index (χ2v) is 20.8. The first-order chi connectivity index (χ1) is 32.7. The van der Waals surface area contributed by atoms with E-state index >= 15 is 0 Å². The van der Waals surface area contributed by atoms with Gasteiger partial charge in [-0.1, -0.05) is 104 Å². The van der Waals surface area contributed by atoms with Crippen molar-refractivity contribution in [3.8, 4) is 16.8 Å². The van der Waals surface area contributed by atoms with Gasteiger partial charge in [-0.05, 0) is 205 Å². The summed E-state index contributed by atoms with van der Waals surface area (Å²) in [6, 6.07) is 53.1. The maximum atomic E-state index is 3.76. The van der Waals surface area contributed by atoms with E-state index in [1.54, 1.807) is 0 Å². The highest BCUT2D eigenvalue weighted by Crippen LogP contribution is 2.45. The van der Waals surface area contributed by atoms with Crippen molar-refractivity contribution >= 4 is 65.4 Å². The minimum absolute atomic E-state index is 0.505. The number of rotatable bonds is 12. The first-order valence-electron chi connectivity index (χ1n) is 26.0. The van der Waals surface area contributed by atoms with Gasteiger partial charge >= 0.3 is 0 Å². The molecule has 1 aliphatic rings. The summed E-state index contributed by atoms with van der Waals surface area (Å²) in [6.45, 7) is 18.6. The summed E-state index contributed by atoms with van der Waals surface area (Å²) in [6.07, 6.45) is 9.41. The Morgan fingerprint density at radius 1 is 0.418 bits per heavy atom. The summed E-state index contributed by atoms with van der Waals surface area (Å²) in [5, 5.41) is 8.23. The maximum absolute atomic E-state index is 3.76. The van der Waals surface area contributed by atoms with Crippen LogP contribution in [0.3, 0.4) is 0 Å². The van der Waals surface area contributed by atoms with E-state index in [2.05, 4.69) is 203 Å². The van der Waals surface area contributed by atoms with Gasteiger partial charge in [-0.25, -0.2) is 0 Å². The van der Waals surface area contributed by atoms with E-state index in [1.165, 1.54) is 136 Å². The molecule has 0 spiro atoms. The molecule has 7 aromatic carbocycles. The largest absolute Gasteiger partial charge is 0.355 e. The van der Waals surface area contributed by atoms with Crippen LogP contribution < -0.4 is 0 Å². The van der Waals surface area contributed by atoms with Crippen molar-refractivity contribution in [2.24, 2.45) is 0 Å². The summed E-state index contributed by atoms with van der Waals surface area (Å²) in [5.41, 5.74) is 18.8. The standard InChI is InChI=1S/C64H69N3/c1-9-39(5)45-19-29-61-55(33-45)56-34-46(40(6)10-2)20-30-62(56)66(61)51-23-13-43(14-24-51)49-17-27-59-53(37-49)54-38-50(18-28-60(54)65-59)44-15-25-52(26-16-44)67-63-31-21-47(41(7)11-3)35-57(63)58-36-48(42(8)12-4)22-32-64(58)67/h13-14,17-24,27-42,44,52,65H,9-12,15-16,25-26H2,1-8H3. The van der Waals surface area contributed by atoms with E-state index in [9.17, 15) is 0 Å². The van der Waals surface area contributed by atoms with Crippen molar-refractivity contribution in [1.29, 1.82) is 0 Å². The van der Waals surface area contributed by atoms with E-state index in [0.717, 1.165) is 25.7 Å². The number of fused-ring (bicyclic) bond motifs is 9. The Morgan fingerprint density at radius 2 is 0.836 bits per heavy atom. The Morgan fingerprint density at radius 3 is 1.31 bits per heavy atom. The smallest absolute Gasteiger partial charge is 0.0541 e. The molecule has 1 N–H and O–H groups in total. The van der Waals surface area contributed by atoms with Gasteiger partial charge in [0.1, 0.15) is 0 Å². The predicted molar refractivity (Wildman–Crippen MR) is 290 cm³/mol. The zero-order valence-electron chi connectivity index (χ0n) is 41.2. The Bertz CT molecular complexity index is 3300. The molecule has 0 amide bonds. The number of benzene rings is 7. The molecule has 67 heavy (non-hydrogen) atoms. The number of aromatic amines is 1. The van der Waals surface area contributed by atoms with Crippen LogP contribution in [0.2, 0.25) is 0 Å². The van der Waals surface area contributed by atoms with Gasteiger partial charge in [-0.15, -0.1) is 0 Å². The van der Waals surface area contributed by atoms with Crippen LogP contribution in [-0.4, -0.2) is 14.1 Å². The number of H-pyrrole nitrogens is 1. The summed E-state index contributed by atoms with van der Waals surface area (Å²) < 4.78 is 5.21. The normalized spacial score (nSPS) is 17.6. The van der Waals surface area contributed by atoms with Crippen molar-refractivity contribution in [2.45, 2.75) is 142 Å². The Balaban J connectivity index is 0.882. The average molecular weight is 880 g/mol. The second-order valence-electron chi connectivity index (χ2n) is 20.8. The third-order valence-corrected chi connectivity index (χ3v) is 17.0. The number of nitrogens with zero attached hydrogens (tertiary/aromatic N) is 2. The molecule has 0 aliphatic heterocycles. The molecule has 1 fully saturated rings. The van der Waals surface area contributed by atoms with Gasteiger partial charge in [0.2, 0.25) is 0 Å². The molecule has 0 radical (unpaired) electrons. The highest BCUT2D eigenvalue weighted by Gasteiger charge is 2.27. The zero-order chi connectivity index (χ0) is 46.1. The first-order valence-corrected chi connectivity index (χ1v) is 26.0. The Hall–Kier alpha value is -6.06. The van der Waals surface area contributed by atoms with Gasteiger partial charge < -0.3 is 14.1 Å². The molecule has 3 heteroatoms. The molecule has 10 aromatic rings. The Kier molecular flexibility index (Phi) is 11.4. The highest BCUT2D eigenvalue weighted by atomic mass is 15.0. The fraction of sp³-hybridized carbons (Fsp3) is 0.344. The molecule has 11 rings (SSSR count). The second kappa shape index (κ2) is 17.5. The van der Waals surface area contributed by atoms with Crippen LogP contribution in [0.4, 0.5) is 0 Å². The molecule has 4 unspecified atom stereocenters. The molecule has 1 aliphatic carbocycles. The third-order valence-electron chi connectivity index (χ3n) is 17.0. The fourth-order valence-electron chi connectivity index (χ4n) is 11.8. The summed E-state index contributed by atoms with van der Waals surface area (Å²) >= 11 is 0. The maximum Gasteiger partial charge on any atom is 0.0541 e. The van der Waals surface area contributed by atoms with Crippen LogP contribution in [0.1, 0.15) is 170 Å². The molecule has 1 saturated carbocycles. The number of aromatic nitrogens is 3. The topological polar surface area (TPSA) is 25.6 Å². The van der Waals surface area contributed by atoms with E-state index in [4.69, 9.17) is 0 Å². The van der Waals surface area contributed by atoms with Crippen molar-refractivity contribution in [3.63, 3.8) is 0 Å². The van der Waals surface area contributed by atoms with E-state index in [-0.39, 0.29) is 0 Å². The lowest BCUT2D eigenvalue weighted by atomic mass is 9.81. The zero-order valence-corrected chi connectivity index (χ0v) is 41.2. The molecular formula is C64H69N3.